The van der Waals surface area contributed by atoms with Gasteiger partial charge in [0.05, 0.1) is 25.4 Å². The third-order valence-electron chi connectivity index (χ3n) is 15.9. The number of allylic oxidation sites excluding steroid dienone is 17. The molecule has 0 aliphatic carbocycles. The normalized spacial score (nSPS) is 19.0. The van der Waals surface area contributed by atoms with Crippen molar-refractivity contribution in [3.05, 3.63) is 109 Å². The molecule has 0 radical (unpaired) electrons. The van der Waals surface area contributed by atoms with E-state index in [0.29, 0.717) is 12.8 Å². The summed E-state index contributed by atoms with van der Waals surface area (Å²) in [5.41, 5.74) is 0. The molecule has 0 aromatic carbocycles. The highest BCUT2D eigenvalue weighted by Crippen LogP contribution is 2.26. The molecule has 8 unspecified atom stereocenters. The Morgan fingerprint density at radius 2 is 0.837 bits per heavy atom. The number of aliphatic hydroxyl groups is 5. The molecule has 1 fully saturated rings. The van der Waals surface area contributed by atoms with E-state index in [9.17, 15) is 35.1 Å². The van der Waals surface area contributed by atoms with Crippen LogP contribution in [0.25, 0.3) is 0 Å². The number of unbranched alkanes of at least 4 members (excludes halogenated alkanes) is 29. The van der Waals surface area contributed by atoms with Crippen molar-refractivity contribution >= 4 is 11.9 Å². The topological polar surface area (TPSA) is 175 Å². The van der Waals surface area contributed by atoms with Crippen molar-refractivity contribution in [3.63, 3.8) is 0 Å². The number of carbonyl (C=O) groups is 2. The van der Waals surface area contributed by atoms with Crippen molar-refractivity contribution in [2.45, 2.75) is 339 Å². The predicted molar refractivity (Wildman–Crippen MR) is 361 cm³/mol. The zero-order valence-corrected chi connectivity index (χ0v) is 54.9. The van der Waals surface area contributed by atoms with E-state index >= 15 is 0 Å². The highest BCUT2D eigenvalue weighted by molar-refractivity contribution is 5.80. The monoisotopic (exact) mass is 1200 g/mol. The van der Waals surface area contributed by atoms with Gasteiger partial charge in [0.25, 0.3) is 0 Å². The van der Waals surface area contributed by atoms with Crippen molar-refractivity contribution in [1.82, 2.24) is 5.32 Å². The van der Waals surface area contributed by atoms with Gasteiger partial charge in [0.1, 0.15) is 24.4 Å². The van der Waals surface area contributed by atoms with Crippen LogP contribution < -0.4 is 5.32 Å². The number of ether oxygens (including phenoxy) is 3. The lowest BCUT2D eigenvalue weighted by Gasteiger charge is -2.41. The molecule has 1 heterocycles. The van der Waals surface area contributed by atoms with Crippen LogP contribution in [0.3, 0.4) is 0 Å². The number of amides is 1. The Balaban J connectivity index is 2.60. The fraction of sp³-hybridized carbons (Fsp3) is 0.733. The molecule has 1 saturated heterocycles. The smallest absolute Gasteiger partial charge is 0.306 e. The third kappa shape index (κ3) is 48.3. The van der Waals surface area contributed by atoms with Gasteiger partial charge in [0.15, 0.2) is 12.4 Å². The first-order valence-corrected chi connectivity index (χ1v) is 35.2. The molecule has 1 aliphatic heterocycles. The summed E-state index contributed by atoms with van der Waals surface area (Å²) in [5, 5.41) is 57.2. The van der Waals surface area contributed by atoms with Crippen molar-refractivity contribution in [2.75, 3.05) is 13.2 Å². The molecule has 86 heavy (non-hydrogen) atoms. The Morgan fingerprint density at radius 3 is 1.28 bits per heavy atom. The Morgan fingerprint density at radius 1 is 0.465 bits per heavy atom. The summed E-state index contributed by atoms with van der Waals surface area (Å²) in [4.78, 5) is 26.7. The lowest BCUT2D eigenvalue weighted by atomic mass is 9.99. The summed E-state index contributed by atoms with van der Waals surface area (Å²) in [5.74, 6) is -1.21. The maximum absolute atomic E-state index is 13.5. The lowest BCUT2D eigenvalue weighted by Crippen LogP contribution is -2.61. The molecular formula is C75H129NO10. The van der Waals surface area contributed by atoms with E-state index in [4.69, 9.17) is 14.2 Å². The highest BCUT2D eigenvalue weighted by Gasteiger charge is 2.47. The lowest BCUT2D eigenvalue weighted by molar-refractivity contribution is -0.305. The number of hydrogen-bond donors (Lipinski definition) is 6. The largest absolute Gasteiger partial charge is 0.454 e. The molecule has 1 rings (SSSR count). The summed E-state index contributed by atoms with van der Waals surface area (Å²) in [6.45, 7) is 5.66. The summed E-state index contributed by atoms with van der Waals surface area (Å²) in [7, 11) is 0. The van der Waals surface area contributed by atoms with Crippen LogP contribution in [0, 0.1) is 0 Å². The molecule has 11 nitrogen and oxygen atoms in total. The predicted octanol–water partition coefficient (Wildman–Crippen LogP) is 18.0. The van der Waals surface area contributed by atoms with E-state index in [-0.39, 0.29) is 19.4 Å². The molecule has 0 spiro atoms. The number of aliphatic hydroxyl groups excluding tert-OH is 5. The zero-order valence-electron chi connectivity index (χ0n) is 54.9. The van der Waals surface area contributed by atoms with Crippen molar-refractivity contribution in [1.29, 1.82) is 0 Å². The molecule has 1 aliphatic rings. The Bertz CT molecular complexity index is 1820. The molecule has 494 valence electrons. The first kappa shape index (κ1) is 80.3. The second-order valence-electron chi connectivity index (χ2n) is 23.9. The molecule has 0 aromatic rings. The van der Waals surface area contributed by atoms with Gasteiger partial charge in [0.2, 0.25) is 5.91 Å². The van der Waals surface area contributed by atoms with E-state index in [1.54, 1.807) is 6.08 Å². The summed E-state index contributed by atoms with van der Waals surface area (Å²) in [6.07, 6.45) is 74.0. The molecule has 11 heteroatoms. The van der Waals surface area contributed by atoms with Gasteiger partial charge in [-0.1, -0.05) is 284 Å². The van der Waals surface area contributed by atoms with E-state index in [1.165, 1.54) is 116 Å². The minimum atomic E-state index is -1.62. The standard InChI is InChI=1S/C75H129NO10/c1-4-7-10-13-16-19-22-25-27-29-31-33-34-35-36-37-39-41-43-45-48-51-54-57-60-63-70(80)86-73-72(82)71(81)69(64-77)85-75(73)84-65-66(67(78)61-58-55-52-49-46-24-21-18-15-12-9-6-3)76-74(83)68(79)62-59-56-53-50-47-44-42-40-38-32-30-28-26-23-20-17-14-11-8-5-2/h7,10,16-17,19-20,25-28,31-33,35-36,38,58,61,66-69,71-73,75,77-79,81-82H,4-6,8-9,11-15,18,21-24,29-30,34,37,39-57,59-60,62-65H2,1-3H3,(H,76,83)/b10-7-,19-16-,20-17-,27-25-,28-26-,33-31-,36-35-,38-32-,61-58+. The quantitative estimate of drug-likeness (QED) is 0.0195. The van der Waals surface area contributed by atoms with Crippen LogP contribution in [0.5, 0.6) is 0 Å². The van der Waals surface area contributed by atoms with Crippen molar-refractivity contribution in [2.24, 2.45) is 0 Å². The van der Waals surface area contributed by atoms with Gasteiger partial charge < -0.3 is 45.1 Å². The molecule has 1 amide bonds. The Kier molecular flexibility index (Phi) is 57.5. The van der Waals surface area contributed by atoms with Gasteiger partial charge in [-0.05, 0) is 109 Å². The van der Waals surface area contributed by atoms with Crippen LogP contribution in [-0.2, 0) is 23.8 Å². The maximum atomic E-state index is 13.5. The molecule has 8 atom stereocenters. The number of hydrogen-bond acceptors (Lipinski definition) is 10. The summed E-state index contributed by atoms with van der Waals surface area (Å²) >= 11 is 0. The minimum Gasteiger partial charge on any atom is -0.454 e. The highest BCUT2D eigenvalue weighted by atomic mass is 16.7. The van der Waals surface area contributed by atoms with Crippen LogP contribution in [-0.4, -0.2) is 99.6 Å². The van der Waals surface area contributed by atoms with Crippen LogP contribution >= 0.6 is 0 Å². The minimum absolute atomic E-state index is 0.110. The van der Waals surface area contributed by atoms with Crippen molar-refractivity contribution < 1.29 is 49.3 Å². The third-order valence-corrected chi connectivity index (χ3v) is 15.9. The van der Waals surface area contributed by atoms with E-state index in [0.717, 1.165) is 128 Å². The molecular weight excluding hydrogens is 1070 g/mol. The molecule has 6 N–H and O–H groups in total. The SMILES string of the molecule is CC/C=C\C/C=C\C/C=C\C/C=C\C/C=C\CCCCCCCCCCCC(=O)OC1C(OCC(NC(=O)C(O)CCCCCCCCC/C=C\C/C=C\C/C=C\CCCCC)C(O)/C=C/CCCCCCCCCCCC)OC(CO)C(O)C1O. The van der Waals surface area contributed by atoms with Crippen molar-refractivity contribution in [3.8, 4) is 0 Å². The van der Waals surface area contributed by atoms with Gasteiger partial charge >= 0.3 is 5.97 Å². The number of carbonyl (C=O) groups excluding carboxylic acids is 2. The number of esters is 1. The second kappa shape index (κ2) is 61.6. The van der Waals surface area contributed by atoms with E-state index in [1.807, 2.05) is 6.08 Å². The zero-order chi connectivity index (χ0) is 62.4. The van der Waals surface area contributed by atoms with Crippen LogP contribution in [0.2, 0.25) is 0 Å². The van der Waals surface area contributed by atoms with Gasteiger partial charge in [-0.2, -0.15) is 0 Å². The molecule has 0 bridgehead atoms. The first-order valence-electron chi connectivity index (χ1n) is 35.2. The fourth-order valence-electron chi connectivity index (χ4n) is 10.4. The number of nitrogens with one attached hydrogen (secondary N) is 1. The summed E-state index contributed by atoms with van der Waals surface area (Å²) in [6, 6.07) is -1.04. The van der Waals surface area contributed by atoms with Gasteiger partial charge in [-0.15, -0.1) is 0 Å². The second-order valence-corrected chi connectivity index (χ2v) is 23.9. The maximum Gasteiger partial charge on any atom is 0.306 e. The fourth-order valence-corrected chi connectivity index (χ4v) is 10.4. The van der Waals surface area contributed by atoms with Gasteiger partial charge in [-0.3, -0.25) is 9.59 Å². The van der Waals surface area contributed by atoms with Crippen LogP contribution in [0.4, 0.5) is 0 Å². The Labute approximate surface area is 526 Å². The first-order chi connectivity index (χ1) is 42.2. The average molecular weight is 1200 g/mol. The Hall–Kier alpha value is -3.68. The molecule has 0 saturated carbocycles. The van der Waals surface area contributed by atoms with Crippen LogP contribution in [0.15, 0.2) is 109 Å². The number of rotatable bonds is 59. The summed E-state index contributed by atoms with van der Waals surface area (Å²) < 4.78 is 17.7. The average Bonchev–Trinajstić information content (AvgIpc) is 3.39. The van der Waals surface area contributed by atoms with Crippen LogP contribution in [0.1, 0.15) is 290 Å². The van der Waals surface area contributed by atoms with Gasteiger partial charge in [-0.25, -0.2) is 0 Å². The van der Waals surface area contributed by atoms with Gasteiger partial charge in [0, 0.05) is 6.42 Å². The van der Waals surface area contributed by atoms with E-state index < -0.39 is 67.4 Å². The van der Waals surface area contributed by atoms with E-state index in [2.05, 4.69) is 123 Å². The molecule has 0 aromatic heterocycles.